The van der Waals surface area contributed by atoms with Crippen LogP contribution < -0.4 is 18.3 Å². The van der Waals surface area contributed by atoms with Gasteiger partial charge in [-0.25, -0.2) is 18.3 Å². The molecule has 8 nitrogen and oxygen atoms in total. The second-order valence-corrected chi connectivity index (χ2v) is 36.5. The highest BCUT2D eigenvalue weighted by Crippen LogP contribution is 2.44. The fraction of sp³-hybridized carbons (Fsp3) is 0.220. The van der Waals surface area contributed by atoms with Crippen molar-refractivity contribution in [1.29, 1.82) is 0 Å². The molecule has 0 radical (unpaired) electrons. The Hall–Kier alpha value is -13.6. The molecule has 126 heavy (non-hydrogen) atoms. The van der Waals surface area contributed by atoms with E-state index < -0.39 is 0 Å². The van der Waals surface area contributed by atoms with Crippen LogP contribution in [0.3, 0.4) is 0 Å². The predicted molar refractivity (Wildman–Crippen MR) is 533 cm³/mol. The summed E-state index contributed by atoms with van der Waals surface area (Å²) < 4.78 is 18.7. The number of para-hydroxylation sites is 8. The van der Waals surface area contributed by atoms with Crippen LogP contribution in [-0.2, 0) is 28.2 Å². The van der Waals surface area contributed by atoms with Crippen molar-refractivity contribution in [2.75, 3.05) is 0 Å². The summed E-state index contributed by atoms with van der Waals surface area (Å²) in [7, 11) is 8.61. The molecular weight excluding hydrogens is 1530 g/mol. The van der Waals surface area contributed by atoms with E-state index >= 15 is 0 Å². The highest BCUT2D eigenvalue weighted by molar-refractivity contribution is 6.13. The van der Waals surface area contributed by atoms with E-state index in [-0.39, 0.29) is 0 Å². The zero-order valence-corrected chi connectivity index (χ0v) is 77.8. The molecule has 8 heteroatoms. The van der Waals surface area contributed by atoms with Gasteiger partial charge in [0.15, 0.2) is 0 Å². The first-order valence-corrected chi connectivity index (χ1v) is 45.1. The van der Waals surface area contributed by atoms with E-state index in [1.807, 2.05) is 0 Å². The van der Waals surface area contributed by atoms with Crippen LogP contribution in [0.4, 0.5) is 0 Å². The highest BCUT2D eigenvalue weighted by atomic mass is 15.2. The lowest BCUT2D eigenvalue weighted by molar-refractivity contribution is -0.665. The molecule has 12 aromatic carbocycles. The van der Waals surface area contributed by atoms with E-state index in [4.69, 9.17) is 0 Å². The molecule has 8 heterocycles. The molecule has 0 aliphatic heterocycles. The van der Waals surface area contributed by atoms with Crippen LogP contribution in [0.25, 0.3) is 155 Å². The smallest absolute Gasteiger partial charge is 0.237 e. The molecule has 8 aromatic heterocycles. The summed E-state index contributed by atoms with van der Waals surface area (Å²) in [5.74, 6) is 6.59. The lowest BCUT2D eigenvalue weighted by Crippen LogP contribution is -2.34. The number of pyridine rings is 4. The fourth-order valence-corrected chi connectivity index (χ4v) is 20.3. The Morgan fingerprint density at radius 2 is 0.476 bits per heavy atom. The van der Waals surface area contributed by atoms with Gasteiger partial charge in [-0.1, -0.05) is 225 Å². The molecule has 0 aliphatic carbocycles. The Bertz CT molecular complexity index is 7560. The number of aryl methyl sites for hydroxylation is 14. The van der Waals surface area contributed by atoms with E-state index in [1.165, 1.54) is 233 Å². The maximum atomic E-state index is 2.44. The van der Waals surface area contributed by atoms with Crippen molar-refractivity contribution >= 4 is 87.2 Å². The van der Waals surface area contributed by atoms with Crippen LogP contribution in [0, 0.1) is 69.2 Å². The molecule has 0 fully saturated rings. The first-order valence-electron chi connectivity index (χ1n) is 45.1. The molecule has 0 spiro atoms. The quantitative estimate of drug-likeness (QED) is 0.109. The van der Waals surface area contributed by atoms with Crippen LogP contribution in [0.5, 0.6) is 0 Å². The van der Waals surface area contributed by atoms with Crippen molar-refractivity contribution in [3.05, 3.63) is 382 Å². The molecular formula is C118H120N8+4. The normalized spacial score (nSPS) is 11.7. The number of fused-ring (bicyclic) bond motifs is 12. The maximum absolute atomic E-state index is 2.44. The van der Waals surface area contributed by atoms with Crippen LogP contribution >= 0.6 is 0 Å². The molecule has 628 valence electrons. The SMILES string of the molecule is Cc1c[n+](C)c(-n2c3ccccc3c3cccc(C)c32)cc1-c1c(C)cccc1C.Cc1cc(-n2c3ccccc3c3cccc(C)c32)[n+](C)cc1-c1c(C(C)C)cccc1C(C)C.Cc1cccc(C)c1-c1cc[n+](C)c(-n2c3ccccc3c3cccc(C)c32)c1.Cc1cccc2c3ccccc3n(-c3cc(-c4c(C(C)C)cccc4C(C)C)cc[n+]3C)c12. The van der Waals surface area contributed by atoms with Gasteiger partial charge < -0.3 is 0 Å². The van der Waals surface area contributed by atoms with Crippen molar-refractivity contribution < 1.29 is 18.3 Å². The van der Waals surface area contributed by atoms with Crippen LogP contribution in [0.1, 0.15) is 157 Å². The zero-order valence-electron chi connectivity index (χ0n) is 77.8. The third kappa shape index (κ3) is 15.1. The topological polar surface area (TPSA) is 35.2 Å². The van der Waals surface area contributed by atoms with Gasteiger partial charge in [0, 0.05) is 72.9 Å². The van der Waals surface area contributed by atoms with Gasteiger partial charge in [-0.15, -0.1) is 0 Å². The Labute approximate surface area is 744 Å². The number of hydrogen-bond donors (Lipinski definition) is 0. The standard InChI is InChI=1S/C32H35N2.C31H33N2.C28H27N2.C27H25N2/c1-20(2)24-14-11-15-25(21(3)4)31(24)28-19-33(7)30(18-23(28)6)34-29-17-9-8-13-26(29)27-16-10-12-22(5)32(27)34;1-20(2)24-13-10-14-25(21(3)4)30(24)23-17-18-32(6)29(19-23)33-28-16-8-7-12-26(28)27-15-9-11-22(5)31(27)33;1-18-10-8-11-19(2)27(18)24-16-26(29(5)17-21(24)4)30-25-15-7-6-13-22(25)23-14-9-12-20(3)28(23)30;1-18-9-7-10-19(2)26(18)21-15-16-28(4)25(17-21)29-24-14-6-5-12-22(24)23-13-8-11-20(3)27(23)29/h8-21H,1-7H3;7-21H,1-6H3;6-17H,1-5H3;5-17H,1-4H3/q4*+1. The molecule has 20 rings (SSSR count). The van der Waals surface area contributed by atoms with Crippen LogP contribution in [-0.4, -0.2) is 18.3 Å². The first kappa shape index (κ1) is 84.6. The first-order chi connectivity index (χ1) is 60.7. The molecule has 0 amide bonds. The van der Waals surface area contributed by atoms with Crippen molar-refractivity contribution in [1.82, 2.24) is 18.3 Å². The number of rotatable bonds is 12. The van der Waals surface area contributed by atoms with Crippen molar-refractivity contribution in [2.45, 2.75) is 148 Å². The second kappa shape index (κ2) is 34.5. The van der Waals surface area contributed by atoms with Gasteiger partial charge in [-0.2, -0.15) is 18.3 Å². The molecule has 0 N–H and O–H groups in total. The van der Waals surface area contributed by atoms with Gasteiger partial charge in [-0.05, 0) is 295 Å². The molecule has 0 bridgehead atoms. The largest absolute Gasteiger partial charge is 0.287 e. The maximum Gasteiger partial charge on any atom is 0.287 e. The number of aromatic nitrogens is 8. The van der Waals surface area contributed by atoms with Gasteiger partial charge in [0.05, 0.1) is 53.0 Å². The Kier molecular flexibility index (Phi) is 23.2. The van der Waals surface area contributed by atoms with Gasteiger partial charge in [-0.3, -0.25) is 0 Å². The van der Waals surface area contributed by atoms with E-state index in [0.717, 1.165) is 0 Å². The molecule has 0 atom stereocenters. The van der Waals surface area contributed by atoms with Crippen molar-refractivity contribution in [3.63, 3.8) is 0 Å². The van der Waals surface area contributed by atoms with Crippen molar-refractivity contribution in [3.8, 4) is 67.8 Å². The van der Waals surface area contributed by atoms with Crippen LogP contribution in [0.15, 0.2) is 304 Å². The number of nitrogens with zero attached hydrogens (tertiary/aromatic N) is 8. The predicted octanol–water partition coefficient (Wildman–Crippen LogP) is 28.7. The number of benzene rings is 12. The van der Waals surface area contributed by atoms with Crippen molar-refractivity contribution in [2.24, 2.45) is 28.2 Å². The third-order valence-corrected chi connectivity index (χ3v) is 26.5. The zero-order chi connectivity index (χ0) is 88.5. The lowest BCUT2D eigenvalue weighted by Gasteiger charge is -2.21. The third-order valence-electron chi connectivity index (χ3n) is 26.5. The summed E-state index contributed by atoms with van der Waals surface area (Å²) >= 11 is 0. The molecule has 0 saturated heterocycles. The van der Waals surface area contributed by atoms with E-state index in [1.54, 1.807) is 0 Å². The van der Waals surface area contributed by atoms with Gasteiger partial charge in [0.1, 0.15) is 44.1 Å². The number of hydrogen-bond acceptors (Lipinski definition) is 0. The van der Waals surface area contributed by atoms with E-state index in [9.17, 15) is 0 Å². The minimum absolute atomic E-state index is 0.464. The Morgan fingerprint density at radius 1 is 0.206 bits per heavy atom. The average Bonchev–Trinajstić information content (AvgIpc) is 1.59. The highest BCUT2D eigenvalue weighted by Gasteiger charge is 2.31. The van der Waals surface area contributed by atoms with E-state index in [2.05, 4.69) is 493 Å². The molecule has 0 unspecified atom stereocenters. The Balaban J connectivity index is 0.000000119. The summed E-state index contributed by atoms with van der Waals surface area (Å²) in [6.45, 7) is 40.5. The average molecular weight is 1650 g/mol. The van der Waals surface area contributed by atoms with Gasteiger partial charge in [0.2, 0.25) is 0 Å². The summed E-state index contributed by atoms with van der Waals surface area (Å²) in [6, 6.07) is 102. The molecule has 0 saturated carbocycles. The lowest BCUT2D eigenvalue weighted by atomic mass is 9.84. The summed E-state index contributed by atoms with van der Waals surface area (Å²) in [4.78, 5) is 0. The van der Waals surface area contributed by atoms with Gasteiger partial charge in [0.25, 0.3) is 23.3 Å². The summed E-state index contributed by atoms with van der Waals surface area (Å²) in [5, 5.41) is 10.4. The second-order valence-electron chi connectivity index (χ2n) is 36.5. The minimum atomic E-state index is 0.464. The summed E-state index contributed by atoms with van der Waals surface area (Å²) in [6.07, 6.45) is 8.99. The fourth-order valence-electron chi connectivity index (χ4n) is 20.3. The van der Waals surface area contributed by atoms with Gasteiger partial charge >= 0.3 is 0 Å². The minimum Gasteiger partial charge on any atom is -0.237 e. The summed E-state index contributed by atoms with van der Waals surface area (Å²) in [5.41, 5.74) is 39.5. The monoisotopic (exact) mass is 1650 g/mol. The van der Waals surface area contributed by atoms with Crippen LogP contribution in [0.2, 0.25) is 0 Å². The van der Waals surface area contributed by atoms with E-state index in [0.29, 0.717) is 23.7 Å². The Morgan fingerprint density at radius 3 is 0.825 bits per heavy atom. The molecule has 0 aliphatic rings. The molecule has 20 aromatic rings.